The van der Waals surface area contributed by atoms with Crippen LogP contribution in [0.4, 0.5) is 5.69 Å². The standard InChI is InChI=1S/C13H17ClN2O2/c1-10-8-11(14)2-3-12(10)15-9-13(17)16-4-6-18-7-5-16/h2-3,8,15H,4-7,9H2,1H3. The summed E-state index contributed by atoms with van der Waals surface area (Å²) in [5.74, 6) is 0.104. The predicted octanol–water partition coefficient (Wildman–Crippen LogP) is 1.92. The van der Waals surface area contributed by atoms with Gasteiger partial charge >= 0.3 is 0 Å². The quantitative estimate of drug-likeness (QED) is 0.911. The van der Waals surface area contributed by atoms with Crippen LogP contribution in [-0.2, 0) is 9.53 Å². The molecule has 0 saturated carbocycles. The maximum Gasteiger partial charge on any atom is 0.242 e. The number of carbonyl (C=O) groups excluding carboxylic acids is 1. The first kappa shape index (κ1) is 13.2. The fraction of sp³-hybridized carbons (Fsp3) is 0.462. The Balaban J connectivity index is 1.88. The van der Waals surface area contributed by atoms with E-state index in [1.807, 2.05) is 30.0 Å². The minimum Gasteiger partial charge on any atom is -0.378 e. The number of ether oxygens (including phenoxy) is 1. The van der Waals surface area contributed by atoms with Gasteiger partial charge in [-0.1, -0.05) is 11.6 Å². The Bertz CT molecular complexity index is 431. The first-order valence-electron chi connectivity index (χ1n) is 6.02. The molecule has 0 atom stereocenters. The normalized spacial score (nSPS) is 15.6. The Morgan fingerprint density at radius 2 is 2.17 bits per heavy atom. The van der Waals surface area contributed by atoms with Gasteiger partial charge in [0.1, 0.15) is 0 Å². The molecule has 1 heterocycles. The summed E-state index contributed by atoms with van der Waals surface area (Å²) in [5.41, 5.74) is 1.98. The van der Waals surface area contributed by atoms with Gasteiger partial charge in [0.15, 0.2) is 0 Å². The van der Waals surface area contributed by atoms with Crippen molar-refractivity contribution >= 4 is 23.2 Å². The highest BCUT2D eigenvalue weighted by atomic mass is 35.5. The summed E-state index contributed by atoms with van der Waals surface area (Å²) >= 11 is 5.88. The van der Waals surface area contributed by atoms with Crippen LogP contribution in [0.1, 0.15) is 5.56 Å². The van der Waals surface area contributed by atoms with Crippen LogP contribution in [0, 0.1) is 6.92 Å². The van der Waals surface area contributed by atoms with E-state index in [1.165, 1.54) is 0 Å². The molecule has 18 heavy (non-hydrogen) atoms. The summed E-state index contributed by atoms with van der Waals surface area (Å²) < 4.78 is 5.22. The minimum absolute atomic E-state index is 0.104. The van der Waals surface area contributed by atoms with Crippen molar-refractivity contribution in [1.82, 2.24) is 4.90 Å². The second-order valence-electron chi connectivity index (χ2n) is 4.31. The van der Waals surface area contributed by atoms with Crippen molar-refractivity contribution in [1.29, 1.82) is 0 Å². The van der Waals surface area contributed by atoms with Crippen LogP contribution in [0.25, 0.3) is 0 Å². The molecular weight excluding hydrogens is 252 g/mol. The molecule has 0 aliphatic carbocycles. The molecule has 1 fully saturated rings. The number of aryl methyl sites for hydroxylation is 1. The number of carbonyl (C=O) groups is 1. The van der Waals surface area contributed by atoms with E-state index in [9.17, 15) is 4.79 Å². The Kier molecular flexibility index (Phi) is 4.44. The van der Waals surface area contributed by atoms with Crippen molar-refractivity contribution in [3.63, 3.8) is 0 Å². The molecule has 4 nitrogen and oxygen atoms in total. The van der Waals surface area contributed by atoms with Crippen molar-refractivity contribution < 1.29 is 9.53 Å². The summed E-state index contributed by atoms with van der Waals surface area (Å²) in [7, 11) is 0. The van der Waals surface area contributed by atoms with Gasteiger partial charge in [0.25, 0.3) is 0 Å². The number of nitrogens with zero attached hydrogens (tertiary/aromatic N) is 1. The lowest BCUT2D eigenvalue weighted by Crippen LogP contribution is -2.43. The summed E-state index contributed by atoms with van der Waals surface area (Å²) in [6, 6.07) is 5.59. The average molecular weight is 269 g/mol. The molecule has 1 aliphatic heterocycles. The van der Waals surface area contributed by atoms with Gasteiger partial charge in [-0.25, -0.2) is 0 Å². The molecule has 1 amide bonds. The Morgan fingerprint density at radius 3 is 2.83 bits per heavy atom. The van der Waals surface area contributed by atoms with Gasteiger partial charge in [-0.2, -0.15) is 0 Å². The van der Waals surface area contributed by atoms with E-state index >= 15 is 0 Å². The summed E-state index contributed by atoms with van der Waals surface area (Å²) in [6.07, 6.45) is 0. The Morgan fingerprint density at radius 1 is 1.44 bits per heavy atom. The number of nitrogens with one attached hydrogen (secondary N) is 1. The van der Waals surface area contributed by atoms with E-state index in [0.717, 1.165) is 11.3 Å². The number of rotatable bonds is 3. The zero-order valence-corrected chi connectivity index (χ0v) is 11.2. The highest BCUT2D eigenvalue weighted by Gasteiger charge is 2.16. The van der Waals surface area contributed by atoms with E-state index < -0.39 is 0 Å². The van der Waals surface area contributed by atoms with Crippen LogP contribution in [0.15, 0.2) is 18.2 Å². The first-order chi connectivity index (χ1) is 8.66. The fourth-order valence-electron chi connectivity index (χ4n) is 1.92. The lowest BCUT2D eigenvalue weighted by Gasteiger charge is -2.27. The SMILES string of the molecule is Cc1cc(Cl)ccc1NCC(=O)N1CCOCC1. The third-order valence-electron chi connectivity index (χ3n) is 2.98. The van der Waals surface area contributed by atoms with Gasteiger partial charge in [-0.3, -0.25) is 4.79 Å². The van der Waals surface area contributed by atoms with Crippen molar-refractivity contribution in [3.05, 3.63) is 28.8 Å². The van der Waals surface area contributed by atoms with E-state index in [1.54, 1.807) is 0 Å². The smallest absolute Gasteiger partial charge is 0.242 e. The number of anilines is 1. The highest BCUT2D eigenvalue weighted by Crippen LogP contribution is 2.19. The van der Waals surface area contributed by atoms with E-state index in [0.29, 0.717) is 37.9 Å². The van der Waals surface area contributed by atoms with Crippen LogP contribution in [0.3, 0.4) is 0 Å². The zero-order chi connectivity index (χ0) is 13.0. The Labute approximate surface area is 112 Å². The third-order valence-corrected chi connectivity index (χ3v) is 3.22. The van der Waals surface area contributed by atoms with Gasteiger partial charge in [-0.15, -0.1) is 0 Å². The van der Waals surface area contributed by atoms with Crippen molar-refractivity contribution in [2.24, 2.45) is 0 Å². The molecule has 1 N–H and O–H groups in total. The van der Waals surface area contributed by atoms with E-state index in [2.05, 4.69) is 5.32 Å². The van der Waals surface area contributed by atoms with Gasteiger partial charge < -0.3 is 15.0 Å². The monoisotopic (exact) mass is 268 g/mol. The Hall–Kier alpha value is -1.26. The molecule has 0 spiro atoms. The number of morpholine rings is 1. The van der Waals surface area contributed by atoms with Gasteiger partial charge in [0, 0.05) is 23.8 Å². The lowest BCUT2D eigenvalue weighted by atomic mass is 10.2. The largest absolute Gasteiger partial charge is 0.378 e. The number of halogens is 1. The van der Waals surface area contributed by atoms with E-state index in [-0.39, 0.29) is 5.91 Å². The summed E-state index contributed by atoms with van der Waals surface area (Å²) in [6.45, 7) is 4.90. The van der Waals surface area contributed by atoms with Crippen LogP contribution in [0.5, 0.6) is 0 Å². The third kappa shape index (κ3) is 3.37. The molecule has 0 bridgehead atoms. The molecule has 0 aromatic heterocycles. The van der Waals surface area contributed by atoms with Gasteiger partial charge in [0.05, 0.1) is 19.8 Å². The molecule has 2 rings (SSSR count). The zero-order valence-electron chi connectivity index (χ0n) is 10.4. The topological polar surface area (TPSA) is 41.6 Å². The summed E-state index contributed by atoms with van der Waals surface area (Å²) in [4.78, 5) is 13.8. The number of hydrogen-bond donors (Lipinski definition) is 1. The van der Waals surface area contributed by atoms with Crippen LogP contribution in [0.2, 0.25) is 5.02 Å². The molecule has 1 aromatic rings. The van der Waals surface area contributed by atoms with Crippen molar-refractivity contribution in [2.45, 2.75) is 6.92 Å². The molecule has 1 aliphatic rings. The molecule has 0 radical (unpaired) electrons. The number of benzene rings is 1. The van der Waals surface area contributed by atoms with Crippen LogP contribution in [-0.4, -0.2) is 43.7 Å². The average Bonchev–Trinajstić information content (AvgIpc) is 2.38. The molecular formula is C13H17ClN2O2. The second-order valence-corrected chi connectivity index (χ2v) is 4.74. The number of hydrogen-bond acceptors (Lipinski definition) is 3. The van der Waals surface area contributed by atoms with Gasteiger partial charge in [-0.05, 0) is 30.7 Å². The highest BCUT2D eigenvalue weighted by molar-refractivity contribution is 6.30. The minimum atomic E-state index is 0.104. The van der Waals surface area contributed by atoms with Crippen molar-refractivity contribution in [3.8, 4) is 0 Å². The number of amides is 1. The summed E-state index contributed by atoms with van der Waals surface area (Å²) in [5, 5.41) is 3.85. The van der Waals surface area contributed by atoms with Gasteiger partial charge in [0.2, 0.25) is 5.91 Å². The maximum atomic E-state index is 11.9. The molecule has 5 heteroatoms. The molecule has 1 aromatic carbocycles. The molecule has 0 unspecified atom stereocenters. The molecule has 98 valence electrons. The second kappa shape index (κ2) is 6.07. The fourth-order valence-corrected chi connectivity index (χ4v) is 2.15. The maximum absolute atomic E-state index is 11.9. The lowest BCUT2D eigenvalue weighted by molar-refractivity contribution is -0.133. The van der Waals surface area contributed by atoms with Crippen molar-refractivity contribution in [2.75, 3.05) is 38.2 Å². The molecule has 1 saturated heterocycles. The van der Waals surface area contributed by atoms with E-state index in [4.69, 9.17) is 16.3 Å². The van der Waals surface area contributed by atoms with Crippen LogP contribution < -0.4 is 5.32 Å². The predicted molar refractivity (Wildman–Crippen MR) is 72.1 cm³/mol. The van der Waals surface area contributed by atoms with Crippen LogP contribution >= 0.6 is 11.6 Å². The first-order valence-corrected chi connectivity index (χ1v) is 6.40.